The molecule has 0 aromatic heterocycles. The molecule has 5 rings (SSSR count). The van der Waals surface area contributed by atoms with E-state index in [-0.39, 0.29) is 24.6 Å². The molecule has 0 radical (unpaired) electrons. The van der Waals surface area contributed by atoms with E-state index in [1.807, 2.05) is 19.1 Å². The maximum Gasteiger partial charge on any atom is 0.243 e. The van der Waals surface area contributed by atoms with E-state index in [2.05, 4.69) is 60.4 Å². The number of aliphatic hydroxyl groups excluding tert-OH is 1. The van der Waals surface area contributed by atoms with Crippen LogP contribution in [0.25, 0.3) is 11.1 Å². The van der Waals surface area contributed by atoms with Crippen LogP contribution in [0.1, 0.15) is 35.4 Å². The molecule has 0 aliphatic carbocycles. The van der Waals surface area contributed by atoms with Crippen LogP contribution in [-0.2, 0) is 10.0 Å². The van der Waals surface area contributed by atoms with Crippen molar-refractivity contribution in [3.63, 3.8) is 0 Å². The summed E-state index contributed by atoms with van der Waals surface area (Å²) in [6, 6.07) is 24.4. The van der Waals surface area contributed by atoms with Crippen LogP contribution in [0.2, 0.25) is 0 Å². The van der Waals surface area contributed by atoms with E-state index in [1.54, 1.807) is 16.4 Å². The molecule has 2 saturated heterocycles. The highest BCUT2D eigenvalue weighted by Gasteiger charge is 2.50. The number of aliphatic hydroxyl groups is 1. The van der Waals surface area contributed by atoms with Crippen molar-refractivity contribution in [2.45, 2.75) is 49.6 Å². The van der Waals surface area contributed by atoms with Gasteiger partial charge in [-0.05, 0) is 61.6 Å². The molecule has 3 atom stereocenters. The summed E-state index contributed by atoms with van der Waals surface area (Å²) in [7, 11) is -3.59. The standard InChI is InChI=1S/C29H34N2O3S/c1-21-8-7-10-25(18-21)23-12-14-24(15-13-23)29-26-19-30(16-5-6-17-31(26)27(29)20-32)35(33,34)28-11-4-3-9-22(28)2/h3-4,7-15,18,26-27,29,32H,5-6,16-17,19-20H2,1-2H3/t26-,27+,29+/m1/s1. The smallest absolute Gasteiger partial charge is 0.243 e. The summed E-state index contributed by atoms with van der Waals surface area (Å²) in [4.78, 5) is 2.71. The highest BCUT2D eigenvalue weighted by atomic mass is 32.2. The largest absolute Gasteiger partial charge is 0.395 e. The Kier molecular flexibility index (Phi) is 6.82. The fourth-order valence-corrected chi connectivity index (χ4v) is 7.56. The summed E-state index contributed by atoms with van der Waals surface area (Å²) in [5.74, 6) is 0.0965. The minimum atomic E-state index is -3.59. The molecule has 0 saturated carbocycles. The lowest BCUT2D eigenvalue weighted by atomic mass is 9.74. The molecular formula is C29H34N2O3S. The Morgan fingerprint density at radius 1 is 0.886 bits per heavy atom. The first-order chi connectivity index (χ1) is 16.9. The molecule has 0 amide bonds. The normalized spacial score (nSPS) is 23.7. The molecule has 0 bridgehead atoms. The first-order valence-electron chi connectivity index (χ1n) is 12.5. The van der Waals surface area contributed by atoms with E-state index in [1.165, 1.54) is 11.1 Å². The Morgan fingerprint density at radius 3 is 2.34 bits per heavy atom. The first kappa shape index (κ1) is 24.2. The van der Waals surface area contributed by atoms with E-state index in [9.17, 15) is 13.5 Å². The summed E-state index contributed by atoms with van der Waals surface area (Å²) < 4.78 is 28.9. The molecule has 35 heavy (non-hydrogen) atoms. The van der Waals surface area contributed by atoms with Crippen molar-refractivity contribution in [3.8, 4) is 11.1 Å². The van der Waals surface area contributed by atoms with Crippen LogP contribution in [0.5, 0.6) is 0 Å². The number of hydrogen-bond acceptors (Lipinski definition) is 4. The van der Waals surface area contributed by atoms with Crippen molar-refractivity contribution < 1.29 is 13.5 Å². The summed E-state index contributed by atoms with van der Waals surface area (Å²) >= 11 is 0. The van der Waals surface area contributed by atoms with Crippen LogP contribution < -0.4 is 0 Å². The fourth-order valence-electron chi connectivity index (χ4n) is 5.83. The zero-order valence-electron chi connectivity index (χ0n) is 20.5. The van der Waals surface area contributed by atoms with Gasteiger partial charge in [-0.2, -0.15) is 4.31 Å². The van der Waals surface area contributed by atoms with Gasteiger partial charge in [0.25, 0.3) is 0 Å². The van der Waals surface area contributed by atoms with Gasteiger partial charge in [0.05, 0.1) is 11.5 Å². The van der Waals surface area contributed by atoms with Gasteiger partial charge in [0.15, 0.2) is 0 Å². The van der Waals surface area contributed by atoms with Gasteiger partial charge in [-0.25, -0.2) is 8.42 Å². The second-order valence-corrected chi connectivity index (χ2v) is 11.8. The van der Waals surface area contributed by atoms with Crippen LogP contribution in [0.4, 0.5) is 0 Å². The van der Waals surface area contributed by atoms with Crippen LogP contribution in [-0.4, -0.2) is 61.1 Å². The molecule has 5 nitrogen and oxygen atoms in total. The minimum absolute atomic E-state index is 0.0194. The van der Waals surface area contributed by atoms with Crippen molar-refractivity contribution in [1.29, 1.82) is 0 Å². The maximum absolute atomic E-state index is 13.6. The Morgan fingerprint density at radius 2 is 1.63 bits per heavy atom. The van der Waals surface area contributed by atoms with Gasteiger partial charge in [0.1, 0.15) is 0 Å². The van der Waals surface area contributed by atoms with Gasteiger partial charge < -0.3 is 5.11 Å². The lowest BCUT2D eigenvalue weighted by Crippen LogP contribution is -2.67. The molecule has 2 aliphatic heterocycles. The van der Waals surface area contributed by atoms with E-state index in [0.29, 0.717) is 18.0 Å². The second kappa shape index (κ2) is 9.86. The topological polar surface area (TPSA) is 60.9 Å². The van der Waals surface area contributed by atoms with Gasteiger partial charge >= 0.3 is 0 Å². The van der Waals surface area contributed by atoms with E-state index < -0.39 is 10.0 Å². The third-order valence-corrected chi connectivity index (χ3v) is 9.72. The number of rotatable bonds is 5. The minimum Gasteiger partial charge on any atom is -0.395 e. The van der Waals surface area contributed by atoms with Crippen molar-refractivity contribution in [3.05, 3.63) is 89.5 Å². The van der Waals surface area contributed by atoms with Crippen molar-refractivity contribution in [2.75, 3.05) is 26.2 Å². The average molecular weight is 491 g/mol. The Labute approximate surface area is 209 Å². The average Bonchev–Trinajstić information content (AvgIpc) is 2.83. The quantitative estimate of drug-likeness (QED) is 0.569. The molecule has 0 unspecified atom stereocenters. The number of nitrogens with zero attached hydrogens (tertiary/aromatic N) is 2. The molecule has 0 spiro atoms. The fraction of sp³-hybridized carbons (Fsp3) is 0.379. The zero-order valence-corrected chi connectivity index (χ0v) is 21.3. The molecule has 3 aromatic rings. The van der Waals surface area contributed by atoms with Crippen LogP contribution in [0, 0.1) is 13.8 Å². The summed E-state index contributed by atoms with van der Waals surface area (Å²) in [5.41, 5.74) is 5.51. The van der Waals surface area contributed by atoms with Crippen molar-refractivity contribution in [1.82, 2.24) is 9.21 Å². The van der Waals surface area contributed by atoms with Gasteiger partial charge in [0, 0.05) is 31.1 Å². The van der Waals surface area contributed by atoms with E-state index >= 15 is 0 Å². The van der Waals surface area contributed by atoms with Gasteiger partial charge in [-0.1, -0.05) is 72.3 Å². The number of aryl methyl sites for hydroxylation is 2. The first-order valence-corrected chi connectivity index (χ1v) is 13.9. The van der Waals surface area contributed by atoms with Gasteiger partial charge in [-0.3, -0.25) is 4.90 Å². The summed E-state index contributed by atoms with van der Waals surface area (Å²) in [6.07, 6.45) is 1.74. The lowest BCUT2D eigenvalue weighted by molar-refractivity contribution is -0.0553. The third-order valence-electron chi connectivity index (χ3n) is 7.69. The third kappa shape index (κ3) is 4.56. The number of fused-ring (bicyclic) bond motifs is 1. The summed E-state index contributed by atoms with van der Waals surface area (Å²) in [6.45, 7) is 5.89. The lowest BCUT2D eigenvalue weighted by Gasteiger charge is -2.57. The highest BCUT2D eigenvalue weighted by Crippen LogP contribution is 2.43. The second-order valence-electron chi connectivity index (χ2n) is 9.91. The van der Waals surface area contributed by atoms with Crippen LogP contribution in [0.3, 0.4) is 0 Å². The van der Waals surface area contributed by atoms with Crippen LogP contribution >= 0.6 is 0 Å². The Bertz CT molecular complexity index is 1290. The highest BCUT2D eigenvalue weighted by molar-refractivity contribution is 7.89. The van der Waals surface area contributed by atoms with Crippen LogP contribution in [0.15, 0.2) is 77.7 Å². The summed E-state index contributed by atoms with van der Waals surface area (Å²) in [5, 5.41) is 10.2. The van der Waals surface area contributed by atoms with E-state index in [4.69, 9.17) is 0 Å². The van der Waals surface area contributed by atoms with Gasteiger partial charge in [-0.15, -0.1) is 0 Å². The molecular weight excluding hydrogens is 456 g/mol. The molecule has 6 heteroatoms. The number of hydrogen-bond donors (Lipinski definition) is 1. The number of benzene rings is 3. The molecule has 1 N–H and O–H groups in total. The Hall–Kier alpha value is -2.51. The van der Waals surface area contributed by atoms with Crippen molar-refractivity contribution >= 4 is 10.0 Å². The van der Waals surface area contributed by atoms with Crippen molar-refractivity contribution in [2.24, 2.45) is 0 Å². The predicted octanol–water partition coefficient (Wildman–Crippen LogP) is 4.58. The molecule has 2 heterocycles. The maximum atomic E-state index is 13.6. The zero-order chi connectivity index (χ0) is 24.6. The van der Waals surface area contributed by atoms with E-state index in [0.717, 1.165) is 36.1 Å². The molecule has 2 aliphatic rings. The molecule has 3 aromatic carbocycles. The molecule has 2 fully saturated rings. The predicted molar refractivity (Wildman–Crippen MR) is 140 cm³/mol. The monoisotopic (exact) mass is 490 g/mol. The van der Waals surface area contributed by atoms with Gasteiger partial charge in [0.2, 0.25) is 10.0 Å². The number of sulfonamides is 1. The SMILES string of the molecule is Cc1cccc(-c2ccc([C@H]3[C@H]4CN(S(=O)(=O)c5ccccc5C)CCCCN4[C@H]3CO)cc2)c1. The molecule has 184 valence electrons. The Balaban J connectivity index is 1.43.